The molecule has 8 heteroatoms. The van der Waals surface area contributed by atoms with E-state index in [1.54, 1.807) is 44.2 Å². The van der Waals surface area contributed by atoms with Gasteiger partial charge in [-0.25, -0.2) is 4.79 Å². The van der Waals surface area contributed by atoms with Crippen molar-refractivity contribution in [3.05, 3.63) is 68.7 Å². The summed E-state index contributed by atoms with van der Waals surface area (Å²) in [5.41, 5.74) is 1.54. The summed E-state index contributed by atoms with van der Waals surface area (Å²) in [4.78, 5) is 34.5. The molecule has 1 aliphatic rings. The molecule has 1 atom stereocenters. The molecule has 2 rings (SSSR count). The summed E-state index contributed by atoms with van der Waals surface area (Å²) in [6, 6.07) is 8.76. The highest BCUT2D eigenvalue weighted by atomic mass is 16.6. The quantitative estimate of drug-likeness (QED) is 0.359. The monoisotopic (exact) mass is 360 g/mol. The Morgan fingerprint density at radius 2 is 1.73 bits per heavy atom. The minimum Gasteiger partial charge on any atom is -0.462 e. The van der Waals surface area contributed by atoms with Gasteiger partial charge in [0, 0.05) is 12.6 Å². The number of nitrogens with zero attached hydrogens (tertiary/aromatic N) is 1. The van der Waals surface area contributed by atoms with E-state index in [-0.39, 0.29) is 24.5 Å². The molecule has 1 unspecified atom stereocenters. The van der Waals surface area contributed by atoms with E-state index in [1.807, 2.05) is 0 Å². The Balaban J connectivity index is 2.35. The molecule has 0 radical (unpaired) electrons. The number of dihydropyridines is 1. The summed E-state index contributed by atoms with van der Waals surface area (Å²) >= 11 is 0. The van der Waals surface area contributed by atoms with Gasteiger partial charge in [-0.05, 0) is 19.4 Å². The molecule has 1 N–H and O–H groups in total. The predicted octanol–water partition coefficient (Wildman–Crippen LogP) is 2.26. The van der Waals surface area contributed by atoms with Crippen molar-refractivity contribution in [3.63, 3.8) is 0 Å². The van der Waals surface area contributed by atoms with Crippen molar-refractivity contribution < 1.29 is 24.0 Å². The van der Waals surface area contributed by atoms with Crippen LogP contribution in [0, 0.1) is 10.1 Å². The Morgan fingerprint density at radius 1 is 1.12 bits per heavy atom. The van der Waals surface area contributed by atoms with E-state index in [0.717, 1.165) is 0 Å². The van der Waals surface area contributed by atoms with E-state index in [0.29, 0.717) is 17.0 Å². The van der Waals surface area contributed by atoms with Crippen molar-refractivity contribution in [3.8, 4) is 0 Å². The zero-order chi connectivity index (χ0) is 19.3. The topological polar surface area (TPSA) is 108 Å². The molecule has 0 aliphatic carbocycles. The number of rotatable bonds is 6. The van der Waals surface area contributed by atoms with E-state index >= 15 is 0 Å². The summed E-state index contributed by atoms with van der Waals surface area (Å²) in [6.07, 6.45) is 0. The molecule has 26 heavy (non-hydrogen) atoms. The van der Waals surface area contributed by atoms with Crippen LogP contribution in [0.5, 0.6) is 0 Å². The van der Waals surface area contributed by atoms with Crippen LogP contribution >= 0.6 is 0 Å². The third kappa shape index (κ3) is 4.27. The molecule has 0 spiro atoms. The lowest BCUT2D eigenvalue weighted by molar-refractivity contribution is -0.431. The van der Waals surface area contributed by atoms with Gasteiger partial charge >= 0.3 is 11.9 Å². The van der Waals surface area contributed by atoms with Gasteiger partial charge in [0.25, 0.3) is 5.70 Å². The average Bonchev–Trinajstić information content (AvgIpc) is 2.58. The summed E-state index contributed by atoms with van der Waals surface area (Å²) < 4.78 is 9.89. The second-order valence-electron chi connectivity index (χ2n) is 5.75. The standard InChI is InChI=1S/C18H20N2O6/c1-11-15(18(22)26-10-9-25-13(3)21)16(14-7-5-4-6-8-14)17(20(23)24)12(2)19-11/h4-8,16,19H,9-10H2,1-3H3. The summed E-state index contributed by atoms with van der Waals surface area (Å²) in [5, 5.41) is 14.5. The molecule has 1 aromatic carbocycles. The van der Waals surface area contributed by atoms with Gasteiger partial charge in [-0.2, -0.15) is 0 Å². The number of esters is 2. The molecule has 0 fully saturated rings. The largest absolute Gasteiger partial charge is 0.462 e. The molecule has 0 bridgehead atoms. The third-order valence-corrected chi connectivity index (χ3v) is 3.90. The van der Waals surface area contributed by atoms with E-state index in [1.165, 1.54) is 6.92 Å². The van der Waals surface area contributed by atoms with E-state index in [4.69, 9.17) is 9.47 Å². The minimum absolute atomic E-state index is 0.0756. The lowest BCUT2D eigenvalue weighted by Gasteiger charge is -2.26. The highest BCUT2D eigenvalue weighted by molar-refractivity contribution is 5.92. The first-order valence-electron chi connectivity index (χ1n) is 8.01. The van der Waals surface area contributed by atoms with Crippen LogP contribution in [0.2, 0.25) is 0 Å². The van der Waals surface area contributed by atoms with Crippen LogP contribution in [-0.2, 0) is 19.1 Å². The van der Waals surface area contributed by atoms with Crippen molar-refractivity contribution in [1.82, 2.24) is 5.32 Å². The highest BCUT2D eigenvalue weighted by Gasteiger charge is 2.40. The Labute approximate surface area is 150 Å². The van der Waals surface area contributed by atoms with Crippen molar-refractivity contribution in [2.75, 3.05) is 13.2 Å². The van der Waals surface area contributed by atoms with Gasteiger partial charge in [-0.3, -0.25) is 14.9 Å². The smallest absolute Gasteiger partial charge is 0.337 e. The first-order chi connectivity index (χ1) is 12.3. The normalized spacial score (nSPS) is 16.8. The molecule has 0 aromatic heterocycles. The fourth-order valence-electron chi connectivity index (χ4n) is 2.86. The maximum atomic E-state index is 12.6. The maximum Gasteiger partial charge on any atom is 0.337 e. The van der Waals surface area contributed by atoms with Crippen molar-refractivity contribution in [2.45, 2.75) is 26.7 Å². The van der Waals surface area contributed by atoms with E-state index in [9.17, 15) is 19.7 Å². The van der Waals surface area contributed by atoms with Crippen molar-refractivity contribution >= 4 is 11.9 Å². The van der Waals surface area contributed by atoms with Crippen molar-refractivity contribution in [1.29, 1.82) is 0 Å². The number of ether oxygens (including phenoxy) is 2. The van der Waals surface area contributed by atoms with Gasteiger partial charge in [0.05, 0.1) is 16.2 Å². The summed E-state index contributed by atoms with van der Waals surface area (Å²) in [6.45, 7) is 4.31. The van der Waals surface area contributed by atoms with E-state index in [2.05, 4.69) is 5.32 Å². The first-order valence-corrected chi connectivity index (χ1v) is 8.01. The first kappa shape index (κ1) is 19.2. The molecule has 8 nitrogen and oxygen atoms in total. The fraction of sp³-hybridized carbons (Fsp3) is 0.333. The number of benzene rings is 1. The van der Waals surface area contributed by atoms with Crippen LogP contribution in [0.25, 0.3) is 0 Å². The van der Waals surface area contributed by atoms with Gasteiger partial charge in [0.1, 0.15) is 19.1 Å². The Morgan fingerprint density at radius 3 is 2.31 bits per heavy atom. The SMILES string of the molecule is CC(=O)OCCOC(=O)C1=C(C)NC(C)=C([N+](=O)[O-])C1c1ccccc1. The molecule has 1 aromatic rings. The second-order valence-corrected chi connectivity index (χ2v) is 5.75. The molecular formula is C18H20N2O6. The molecule has 0 amide bonds. The second kappa shape index (κ2) is 8.28. The van der Waals surface area contributed by atoms with Crippen LogP contribution in [0.1, 0.15) is 32.3 Å². The molecule has 1 aliphatic heterocycles. The zero-order valence-corrected chi connectivity index (χ0v) is 14.8. The lowest BCUT2D eigenvalue weighted by Crippen LogP contribution is -2.32. The molecule has 0 saturated heterocycles. The van der Waals surface area contributed by atoms with Gasteiger partial charge < -0.3 is 14.8 Å². The summed E-state index contributed by atoms with van der Waals surface area (Å²) in [5.74, 6) is -2.02. The van der Waals surface area contributed by atoms with Gasteiger partial charge in [0.15, 0.2) is 0 Å². The van der Waals surface area contributed by atoms with Crippen LogP contribution < -0.4 is 5.32 Å². The van der Waals surface area contributed by atoms with Crippen LogP contribution in [0.4, 0.5) is 0 Å². The maximum absolute atomic E-state index is 12.6. The number of carbonyl (C=O) groups is 2. The molecule has 1 heterocycles. The molecule has 0 saturated carbocycles. The van der Waals surface area contributed by atoms with Crippen LogP contribution in [0.15, 0.2) is 53.0 Å². The van der Waals surface area contributed by atoms with Gasteiger partial charge in [-0.15, -0.1) is 0 Å². The number of nitro groups is 1. The van der Waals surface area contributed by atoms with Gasteiger partial charge in [0.2, 0.25) is 0 Å². The average molecular weight is 360 g/mol. The fourth-order valence-corrected chi connectivity index (χ4v) is 2.86. The summed E-state index contributed by atoms with van der Waals surface area (Å²) in [7, 11) is 0. The number of nitrogens with one attached hydrogen (secondary N) is 1. The Kier molecular flexibility index (Phi) is 6.11. The Bertz CT molecular complexity index is 782. The predicted molar refractivity (Wildman–Crippen MR) is 92.3 cm³/mol. The van der Waals surface area contributed by atoms with Crippen molar-refractivity contribution in [2.24, 2.45) is 0 Å². The lowest BCUT2D eigenvalue weighted by atomic mass is 9.84. The van der Waals surface area contributed by atoms with Crippen LogP contribution in [-0.4, -0.2) is 30.1 Å². The number of hydrogen-bond acceptors (Lipinski definition) is 7. The number of hydrogen-bond donors (Lipinski definition) is 1. The minimum atomic E-state index is -0.853. The number of carbonyl (C=O) groups excluding carboxylic acids is 2. The highest BCUT2D eigenvalue weighted by Crippen LogP contribution is 2.38. The zero-order valence-electron chi connectivity index (χ0n) is 14.8. The van der Waals surface area contributed by atoms with E-state index < -0.39 is 22.8 Å². The third-order valence-electron chi connectivity index (χ3n) is 3.90. The number of allylic oxidation sites excluding steroid dienone is 3. The molecular weight excluding hydrogens is 340 g/mol. The molecule has 138 valence electrons. The van der Waals surface area contributed by atoms with Crippen LogP contribution in [0.3, 0.4) is 0 Å². The Hall–Kier alpha value is -3.16. The van der Waals surface area contributed by atoms with Gasteiger partial charge in [-0.1, -0.05) is 30.3 Å².